The van der Waals surface area contributed by atoms with E-state index in [-0.39, 0.29) is 18.2 Å². The monoisotopic (exact) mass is 413 g/mol. The number of amides is 1. The predicted molar refractivity (Wildman–Crippen MR) is 112 cm³/mol. The van der Waals surface area contributed by atoms with Crippen LogP contribution in [-0.4, -0.2) is 21.2 Å². The van der Waals surface area contributed by atoms with Crippen LogP contribution in [0.25, 0.3) is 0 Å². The van der Waals surface area contributed by atoms with Crippen LogP contribution in [-0.2, 0) is 6.73 Å². The molecule has 4 fully saturated rings. The van der Waals surface area contributed by atoms with Crippen molar-refractivity contribution in [1.82, 2.24) is 15.1 Å². The Labute approximate surface area is 176 Å². The third-order valence-corrected chi connectivity index (χ3v) is 7.66. The minimum atomic E-state index is -0.0520. The van der Waals surface area contributed by atoms with Gasteiger partial charge >= 0.3 is 0 Å². The molecule has 1 aromatic carbocycles. The summed E-state index contributed by atoms with van der Waals surface area (Å²) in [7, 11) is 0. The summed E-state index contributed by atoms with van der Waals surface area (Å²) in [6.07, 6.45) is 9.32. The van der Waals surface area contributed by atoms with Crippen LogP contribution in [0.15, 0.2) is 24.4 Å². The van der Waals surface area contributed by atoms with Crippen LogP contribution in [0, 0.1) is 31.6 Å². The average molecular weight is 414 g/mol. The lowest BCUT2D eigenvalue weighted by molar-refractivity contribution is -0.0168. The van der Waals surface area contributed by atoms with E-state index >= 15 is 0 Å². The average Bonchev–Trinajstić information content (AvgIpc) is 3.12. The van der Waals surface area contributed by atoms with Crippen molar-refractivity contribution < 1.29 is 9.53 Å². The van der Waals surface area contributed by atoms with Gasteiger partial charge in [-0.25, -0.2) is 4.68 Å². The van der Waals surface area contributed by atoms with Gasteiger partial charge in [-0.1, -0.05) is 11.6 Å². The Balaban J connectivity index is 1.23. The molecule has 1 heterocycles. The van der Waals surface area contributed by atoms with Gasteiger partial charge in [-0.2, -0.15) is 5.10 Å². The van der Waals surface area contributed by atoms with E-state index in [1.807, 2.05) is 26.0 Å². The molecule has 29 heavy (non-hydrogen) atoms. The van der Waals surface area contributed by atoms with E-state index in [0.717, 1.165) is 58.9 Å². The van der Waals surface area contributed by atoms with Gasteiger partial charge in [-0.3, -0.25) is 4.79 Å². The summed E-state index contributed by atoms with van der Waals surface area (Å²) in [5.41, 5.74) is 2.44. The second kappa shape index (κ2) is 7.05. The number of carbonyl (C=O) groups is 1. The van der Waals surface area contributed by atoms with Crippen LogP contribution in [0.5, 0.6) is 5.75 Å². The lowest BCUT2D eigenvalue weighted by Crippen LogP contribution is -2.59. The number of hydrogen-bond acceptors (Lipinski definition) is 3. The number of aryl methyl sites for hydroxylation is 2. The van der Waals surface area contributed by atoms with Crippen LogP contribution in [0.1, 0.15) is 60.1 Å². The van der Waals surface area contributed by atoms with E-state index in [1.54, 1.807) is 16.9 Å². The minimum Gasteiger partial charge on any atom is -0.471 e. The summed E-state index contributed by atoms with van der Waals surface area (Å²) in [5.74, 6) is 3.11. The topological polar surface area (TPSA) is 56.1 Å². The number of carbonyl (C=O) groups excluding carboxylic acids is 1. The number of benzene rings is 1. The first-order chi connectivity index (χ1) is 13.9. The van der Waals surface area contributed by atoms with Crippen molar-refractivity contribution in [3.05, 3.63) is 46.2 Å². The number of rotatable bonds is 5. The predicted octanol–water partition coefficient (Wildman–Crippen LogP) is 4.89. The Morgan fingerprint density at radius 1 is 1.17 bits per heavy atom. The molecule has 0 aliphatic heterocycles. The fraction of sp³-hybridized carbons (Fsp3) is 0.565. The molecule has 6 heteroatoms. The van der Waals surface area contributed by atoms with Crippen LogP contribution in [0.4, 0.5) is 0 Å². The van der Waals surface area contributed by atoms with Crippen LogP contribution < -0.4 is 10.1 Å². The Morgan fingerprint density at radius 3 is 2.34 bits per heavy atom. The van der Waals surface area contributed by atoms with Gasteiger partial charge in [0.05, 0.1) is 0 Å². The highest BCUT2D eigenvalue weighted by atomic mass is 35.5. The second-order valence-corrected chi connectivity index (χ2v) is 9.91. The van der Waals surface area contributed by atoms with Gasteiger partial charge in [0.15, 0.2) is 6.73 Å². The third-order valence-electron chi connectivity index (χ3n) is 7.06. The van der Waals surface area contributed by atoms with Crippen molar-refractivity contribution in [2.45, 2.75) is 64.6 Å². The molecule has 154 valence electrons. The molecule has 1 aromatic heterocycles. The van der Waals surface area contributed by atoms with E-state index in [4.69, 9.17) is 16.3 Å². The summed E-state index contributed by atoms with van der Waals surface area (Å²) in [5, 5.41) is 8.58. The number of hydrogen-bond donors (Lipinski definition) is 1. The molecule has 6 rings (SSSR count). The lowest BCUT2D eigenvalue weighted by atomic mass is 9.53. The zero-order valence-electron chi connectivity index (χ0n) is 17.1. The fourth-order valence-corrected chi connectivity index (χ4v) is 6.36. The molecule has 0 radical (unpaired) electrons. The second-order valence-electron chi connectivity index (χ2n) is 9.54. The molecule has 5 nitrogen and oxygen atoms in total. The fourth-order valence-electron chi connectivity index (χ4n) is 6.25. The zero-order valence-corrected chi connectivity index (χ0v) is 17.8. The number of nitrogens with one attached hydrogen (secondary N) is 1. The van der Waals surface area contributed by atoms with E-state index in [1.165, 1.54) is 19.3 Å². The highest BCUT2D eigenvalue weighted by Crippen LogP contribution is 2.55. The maximum atomic E-state index is 12.9. The molecular formula is C23H28ClN3O2. The maximum Gasteiger partial charge on any atom is 0.272 e. The number of aromatic nitrogens is 2. The van der Waals surface area contributed by atoms with Gasteiger partial charge in [0.25, 0.3) is 5.91 Å². The molecule has 4 aliphatic rings. The van der Waals surface area contributed by atoms with Gasteiger partial charge in [0.2, 0.25) is 0 Å². The highest BCUT2D eigenvalue weighted by molar-refractivity contribution is 6.32. The number of ether oxygens (including phenoxy) is 1. The number of halogens is 1. The summed E-state index contributed by atoms with van der Waals surface area (Å²) < 4.78 is 7.51. The Kier molecular flexibility index (Phi) is 4.61. The molecule has 4 saturated carbocycles. The Hall–Kier alpha value is -2.01. The summed E-state index contributed by atoms with van der Waals surface area (Å²) >= 11 is 6.22. The smallest absolute Gasteiger partial charge is 0.272 e. The SMILES string of the molecule is Cc1cc(OCn2ccc(C(=O)NC34CC5CC(CC(C5)C3)C4)n2)cc(C)c1Cl. The van der Waals surface area contributed by atoms with E-state index in [2.05, 4.69) is 10.4 Å². The first-order valence-electron chi connectivity index (χ1n) is 10.6. The Bertz CT molecular complexity index is 893. The maximum absolute atomic E-state index is 12.9. The molecule has 1 amide bonds. The number of nitrogens with zero attached hydrogens (tertiary/aromatic N) is 2. The van der Waals surface area contributed by atoms with Crippen molar-refractivity contribution in [1.29, 1.82) is 0 Å². The van der Waals surface area contributed by atoms with Crippen molar-refractivity contribution >= 4 is 17.5 Å². The third kappa shape index (κ3) is 3.65. The molecule has 2 aromatic rings. The largest absolute Gasteiger partial charge is 0.471 e. The van der Waals surface area contributed by atoms with Crippen LogP contribution in [0.3, 0.4) is 0 Å². The molecule has 0 saturated heterocycles. The highest BCUT2D eigenvalue weighted by Gasteiger charge is 2.51. The van der Waals surface area contributed by atoms with Gasteiger partial charge in [-0.15, -0.1) is 0 Å². The van der Waals surface area contributed by atoms with Crippen molar-refractivity contribution in [2.75, 3.05) is 0 Å². The van der Waals surface area contributed by atoms with Crippen molar-refractivity contribution in [3.8, 4) is 5.75 Å². The summed E-state index contributed by atoms with van der Waals surface area (Å²) in [6, 6.07) is 5.61. The van der Waals surface area contributed by atoms with E-state index in [9.17, 15) is 4.79 Å². The summed E-state index contributed by atoms with van der Waals surface area (Å²) in [6.45, 7) is 4.18. The first kappa shape index (κ1) is 19.0. The van der Waals surface area contributed by atoms with Gasteiger partial charge in [0.1, 0.15) is 11.4 Å². The Morgan fingerprint density at radius 2 is 1.76 bits per heavy atom. The van der Waals surface area contributed by atoms with Crippen molar-refractivity contribution in [2.24, 2.45) is 17.8 Å². The van der Waals surface area contributed by atoms with Gasteiger partial charge in [-0.05, 0) is 99.5 Å². The van der Waals surface area contributed by atoms with Crippen LogP contribution in [0.2, 0.25) is 5.02 Å². The molecule has 0 unspecified atom stereocenters. The van der Waals surface area contributed by atoms with Gasteiger partial charge in [0, 0.05) is 16.8 Å². The summed E-state index contributed by atoms with van der Waals surface area (Å²) in [4.78, 5) is 12.9. The minimum absolute atomic E-state index is 0.00444. The zero-order chi connectivity index (χ0) is 20.2. The molecular weight excluding hydrogens is 386 g/mol. The van der Waals surface area contributed by atoms with Gasteiger partial charge < -0.3 is 10.1 Å². The molecule has 1 N–H and O–H groups in total. The normalized spacial score (nSPS) is 29.8. The van der Waals surface area contributed by atoms with E-state index < -0.39 is 0 Å². The molecule has 0 atom stereocenters. The molecule has 0 spiro atoms. The van der Waals surface area contributed by atoms with Crippen LogP contribution >= 0.6 is 11.6 Å². The first-order valence-corrected chi connectivity index (χ1v) is 11.0. The standard InChI is InChI=1S/C23H28ClN3O2/c1-14-5-19(6-15(2)21(14)24)29-13-27-4-3-20(26-27)22(28)25-23-10-16-7-17(11-23)9-18(8-16)12-23/h3-6,16-18H,7-13H2,1-2H3,(H,25,28). The van der Waals surface area contributed by atoms with Crippen molar-refractivity contribution in [3.63, 3.8) is 0 Å². The molecule has 4 bridgehead atoms. The lowest BCUT2D eigenvalue weighted by Gasteiger charge is -2.56. The molecule has 4 aliphatic carbocycles. The quantitative estimate of drug-likeness (QED) is 0.759. The van der Waals surface area contributed by atoms with E-state index in [0.29, 0.717) is 5.69 Å².